The van der Waals surface area contributed by atoms with E-state index in [0.29, 0.717) is 10.5 Å². The van der Waals surface area contributed by atoms with Crippen LogP contribution in [0, 0.1) is 0 Å². The first-order chi connectivity index (χ1) is 5.15. The van der Waals surface area contributed by atoms with Gasteiger partial charge in [0.2, 0.25) is 0 Å². The lowest BCUT2D eigenvalue weighted by Crippen LogP contribution is -2.22. The van der Waals surface area contributed by atoms with Crippen LogP contribution in [0.2, 0.25) is 0 Å². The van der Waals surface area contributed by atoms with Crippen molar-refractivity contribution in [2.75, 3.05) is 7.11 Å². The van der Waals surface area contributed by atoms with E-state index in [0.717, 1.165) is 0 Å². The van der Waals surface area contributed by atoms with Crippen LogP contribution in [0.4, 0.5) is 0 Å². The first-order valence-electron chi connectivity index (χ1n) is 3.16. The summed E-state index contributed by atoms with van der Waals surface area (Å²) in [5.41, 5.74) is 0.380. The van der Waals surface area contributed by atoms with E-state index in [2.05, 4.69) is 10.1 Å². The van der Waals surface area contributed by atoms with Crippen molar-refractivity contribution in [2.24, 2.45) is 0 Å². The summed E-state index contributed by atoms with van der Waals surface area (Å²) in [6.45, 7) is 1.92. The molecule has 0 saturated carbocycles. The number of methoxy groups -OCH3 is 1. The third kappa shape index (κ3) is 1.71. The van der Waals surface area contributed by atoms with Crippen molar-refractivity contribution in [3.05, 3.63) is 10.5 Å². The molecule has 0 aromatic carbocycles. The highest BCUT2D eigenvalue weighted by Gasteiger charge is 2.22. The van der Waals surface area contributed by atoms with Crippen LogP contribution in [0.5, 0.6) is 0 Å². The minimum atomic E-state index is -0.403. The van der Waals surface area contributed by atoms with Crippen molar-refractivity contribution >= 4 is 25.6 Å². The van der Waals surface area contributed by atoms with Crippen LogP contribution in [-0.2, 0) is 9.53 Å². The number of carbonyl (C=O) groups excluding carboxylic acids is 1. The van der Waals surface area contributed by atoms with Gasteiger partial charge in [0, 0.05) is 0 Å². The zero-order valence-corrected chi connectivity index (χ0v) is 7.20. The number of nitrogens with one attached hydrogen (secondary N) is 1. The Hall–Kier alpha value is -0.575. The number of hydrogen-bond acceptors (Lipinski definition) is 4. The first kappa shape index (κ1) is 8.52. The summed E-state index contributed by atoms with van der Waals surface area (Å²) in [5.74, 6) is -0.403. The summed E-state index contributed by atoms with van der Waals surface area (Å²) in [5, 5.41) is 3.05. The van der Waals surface area contributed by atoms with Crippen molar-refractivity contribution in [2.45, 2.75) is 12.3 Å². The zero-order chi connectivity index (χ0) is 8.43. The molecular weight excluding hydrogens is 161 g/mol. The van der Waals surface area contributed by atoms with Crippen molar-refractivity contribution in [1.82, 2.24) is 5.32 Å². The fraction of sp³-hybridized carbons (Fsp3) is 0.500. The summed E-state index contributed by atoms with van der Waals surface area (Å²) in [4.78, 5) is 11.4. The van der Waals surface area contributed by atoms with Gasteiger partial charge in [-0.25, -0.2) is 4.79 Å². The van der Waals surface area contributed by atoms with Gasteiger partial charge in [0.05, 0.1) is 12.5 Å². The highest BCUT2D eigenvalue weighted by atomic mass is 32.2. The highest BCUT2D eigenvalue weighted by Crippen LogP contribution is 2.27. The molecule has 1 unspecified atom stereocenters. The average Bonchev–Trinajstić information content (AvgIpc) is 2.28. The maximum Gasteiger partial charge on any atom is 0.354 e. The normalized spacial score (nSPS) is 23.3. The predicted octanol–water partition coefficient (Wildman–Crippen LogP) is 0.179. The van der Waals surface area contributed by atoms with E-state index >= 15 is 0 Å². The lowest BCUT2D eigenvalue weighted by atomic mass is 10.1. The van der Waals surface area contributed by atoms with Gasteiger partial charge in [-0.05, 0) is 11.7 Å². The van der Waals surface area contributed by atoms with Crippen LogP contribution < -0.4 is 5.32 Å². The Morgan fingerprint density at radius 1 is 1.82 bits per heavy atom. The van der Waals surface area contributed by atoms with Gasteiger partial charge in [-0.15, -0.1) is 11.8 Å². The molecule has 0 aromatic rings. The maximum atomic E-state index is 10.9. The van der Waals surface area contributed by atoms with E-state index < -0.39 is 5.97 Å². The van der Waals surface area contributed by atoms with Gasteiger partial charge in [0.1, 0.15) is 13.5 Å². The van der Waals surface area contributed by atoms with Gasteiger partial charge in [0.15, 0.2) is 0 Å². The molecule has 1 rings (SSSR count). The number of ether oxygens (including phenoxy) is 1. The molecule has 2 radical (unpaired) electrons. The molecular formula is C6H8BNO2S. The smallest absolute Gasteiger partial charge is 0.354 e. The molecule has 5 heteroatoms. The molecule has 0 aromatic heterocycles. The van der Waals surface area contributed by atoms with Crippen LogP contribution >= 0.6 is 11.8 Å². The van der Waals surface area contributed by atoms with E-state index in [1.807, 2.05) is 6.92 Å². The molecule has 3 nitrogen and oxygen atoms in total. The molecule has 0 aliphatic carbocycles. The number of thioether (sulfide) groups is 1. The SMILES string of the molecule is [B]C1=C(C(=O)OC)NC(C)S1. The molecule has 1 N–H and O–H groups in total. The van der Waals surface area contributed by atoms with E-state index in [1.54, 1.807) is 0 Å². The van der Waals surface area contributed by atoms with Gasteiger partial charge in [-0.2, -0.15) is 0 Å². The third-order valence-corrected chi connectivity index (χ3v) is 2.22. The summed E-state index contributed by atoms with van der Waals surface area (Å²) in [6.07, 6.45) is 0. The first-order valence-corrected chi connectivity index (χ1v) is 4.04. The van der Waals surface area contributed by atoms with E-state index in [-0.39, 0.29) is 5.37 Å². The molecule has 1 aliphatic heterocycles. The van der Waals surface area contributed by atoms with Gasteiger partial charge < -0.3 is 10.1 Å². The minimum absolute atomic E-state index is 0.157. The number of esters is 1. The molecule has 0 fully saturated rings. The molecule has 11 heavy (non-hydrogen) atoms. The zero-order valence-electron chi connectivity index (χ0n) is 6.38. The third-order valence-electron chi connectivity index (χ3n) is 1.29. The lowest BCUT2D eigenvalue weighted by Gasteiger charge is -2.04. The number of hydrogen-bond donors (Lipinski definition) is 1. The summed E-state index contributed by atoms with van der Waals surface area (Å²) in [6, 6.07) is 0. The van der Waals surface area contributed by atoms with Gasteiger partial charge in [-0.1, -0.05) is 0 Å². The van der Waals surface area contributed by atoms with Crippen LogP contribution in [0.1, 0.15) is 6.92 Å². The molecule has 1 atom stereocenters. The Balaban J connectivity index is 2.72. The van der Waals surface area contributed by atoms with Gasteiger partial charge in [0.25, 0.3) is 0 Å². The molecule has 1 heterocycles. The Labute approximate surface area is 71.0 Å². The number of carbonyl (C=O) groups is 1. The monoisotopic (exact) mass is 169 g/mol. The van der Waals surface area contributed by atoms with Gasteiger partial charge in [-0.3, -0.25) is 0 Å². The predicted molar refractivity (Wildman–Crippen MR) is 45.0 cm³/mol. The van der Waals surface area contributed by atoms with E-state index in [1.165, 1.54) is 18.9 Å². The minimum Gasteiger partial charge on any atom is -0.464 e. The van der Waals surface area contributed by atoms with Crippen LogP contribution in [-0.4, -0.2) is 26.3 Å². The van der Waals surface area contributed by atoms with Crippen molar-refractivity contribution < 1.29 is 9.53 Å². The summed E-state index contributed by atoms with van der Waals surface area (Å²) in [7, 11) is 6.86. The topological polar surface area (TPSA) is 38.3 Å². The highest BCUT2D eigenvalue weighted by molar-refractivity contribution is 8.05. The summed E-state index contributed by atoms with van der Waals surface area (Å²) < 4.78 is 4.50. The van der Waals surface area contributed by atoms with Crippen LogP contribution in [0.25, 0.3) is 0 Å². The van der Waals surface area contributed by atoms with E-state index in [4.69, 9.17) is 7.85 Å². The second kappa shape index (κ2) is 3.22. The molecule has 58 valence electrons. The Morgan fingerprint density at radius 3 is 2.82 bits per heavy atom. The second-order valence-corrected chi connectivity index (χ2v) is 3.52. The van der Waals surface area contributed by atoms with Crippen LogP contribution in [0.3, 0.4) is 0 Å². The Morgan fingerprint density at radius 2 is 2.45 bits per heavy atom. The van der Waals surface area contributed by atoms with Crippen molar-refractivity contribution in [3.63, 3.8) is 0 Å². The molecule has 0 amide bonds. The molecule has 1 aliphatic rings. The lowest BCUT2D eigenvalue weighted by molar-refractivity contribution is -0.136. The standard InChI is InChI=1S/C6H8BNO2S/c1-3-8-4(5(7)11-3)6(9)10-2/h3,8H,1-2H3. The van der Waals surface area contributed by atoms with E-state index in [9.17, 15) is 4.79 Å². The molecule has 0 spiro atoms. The summed E-state index contributed by atoms with van der Waals surface area (Å²) >= 11 is 1.42. The van der Waals surface area contributed by atoms with Crippen molar-refractivity contribution in [3.8, 4) is 0 Å². The second-order valence-electron chi connectivity index (χ2n) is 2.14. The maximum absolute atomic E-state index is 10.9. The Bertz CT molecular complexity index is 217. The number of rotatable bonds is 1. The van der Waals surface area contributed by atoms with Gasteiger partial charge >= 0.3 is 5.97 Å². The quantitative estimate of drug-likeness (QED) is 0.448. The van der Waals surface area contributed by atoms with Crippen LogP contribution in [0.15, 0.2) is 10.5 Å². The fourth-order valence-corrected chi connectivity index (χ4v) is 1.63. The molecule has 0 saturated heterocycles. The fourth-order valence-electron chi connectivity index (χ4n) is 0.815. The largest absolute Gasteiger partial charge is 0.464 e. The average molecular weight is 169 g/mol. The Kier molecular flexibility index (Phi) is 2.49. The molecule has 0 bridgehead atoms. The van der Waals surface area contributed by atoms with Crippen molar-refractivity contribution in [1.29, 1.82) is 0 Å².